The standard InChI is InChI=1S/C25H36BrN7O3/c1-25(2,3)22(33-14-19(29-30-33)15-8-9-15)24(36)31-13-17(34)10-21(31)23(35)28-18-6-4-5-7-20(18)32-12-16(26)11-27-32/h11-12,14-15,17-18,20-22,34H,4-10,13H2,1-3H3,(H,28,35)/t17-,18-,20+,21+,22-/m1/s1. The van der Waals surface area contributed by atoms with E-state index in [0.29, 0.717) is 5.92 Å². The summed E-state index contributed by atoms with van der Waals surface area (Å²) in [5, 5.41) is 26.8. The summed E-state index contributed by atoms with van der Waals surface area (Å²) in [5.74, 6) is 0.0102. The Balaban J connectivity index is 1.35. The number of carbonyl (C=O) groups excluding carboxylic acids is 2. The van der Waals surface area contributed by atoms with Crippen molar-refractivity contribution in [3.05, 3.63) is 28.8 Å². The van der Waals surface area contributed by atoms with Gasteiger partial charge < -0.3 is 15.3 Å². The van der Waals surface area contributed by atoms with Crippen LogP contribution in [-0.4, -0.2) is 71.3 Å². The predicted molar refractivity (Wildman–Crippen MR) is 136 cm³/mol. The Morgan fingerprint density at radius 3 is 2.58 bits per heavy atom. The van der Waals surface area contributed by atoms with Crippen molar-refractivity contribution >= 4 is 27.7 Å². The van der Waals surface area contributed by atoms with Gasteiger partial charge in [-0.1, -0.05) is 38.8 Å². The Hall–Kier alpha value is -2.27. The molecule has 2 amide bonds. The third kappa shape index (κ3) is 5.22. The van der Waals surface area contributed by atoms with Crippen molar-refractivity contribution in [3.8, 4) is 0 Å². The van der Waals surface area contributed by atoms with Gasteiger partial charge in [-0.3, -0.25) is 14.3 Å². The number of aliphatic hydroxyl groups excluding tert-OH is 1. The van der Waals surface area contributed by atoms with Crippen molar-refractivity contribution < 1.29 is 14.7 Å². The smallest absolute Gasteiger partial charge is 0.248 e. The molecule has 2 N–H and O–H groups in total. The van der Waals surface area contributed by atoms with Gasteiger partial charge in [-0.2, -0.15) is 5.10 Å². The molecule has 3 heterocycles. The Morgan fingerprint density at radius 2 is 1.92 bits per heavy atom. The van der Waals surface area contributed by atoms with E-state index in [1.807, 2.05) is 37.8 Å². The molecule has 1 aliphatic heterocycles. The van der Waals surface area contributed by atoms with Crippen LogP contribution in [0.2, 0.25) is 0 Å². The molecule has 0 unspecified atom stereocenters. The van der Waals surface area contributed by atoms with E-state index in [2.05, 4.69) is 36.7 Å². The van der Waals surface area contributed by atoms with Gasteiger partial charge in [0.15, 0.2) is 0 Å². The predicted octanol–water partition coefficient (Wildman–Crippen LogP) is 2.96. The van der Waals surface area contributed by atoms with Crippen LogP contribution < -0.4 is 5.32 Å². The molecule has 5 atom stereocenters. The molecule has 3 aliphatic rings. The van der Waals surface area contributed by atoms with Crippen molar-refractivity contribution in [1.29, 1.82) is 0 Å². The molecule has 36 heavy (non-hydrogen) atoms. The number of hydrogen-bond donors (Lipinski definition) is 2. The SMILES string of the molecule is CC(C)(C)[C@@H](C(=O)N1C[C@H](O)C[C@H]1C(=O)N[C@@H]1CCCC[C@@H]1n1cc(Br)cn1)n1cc(C2CC2)nn1. The third-order valence-electron chi connectivity index (χ3n) is 7.67. The van der Waals surface area contributed by atoms with Crippen LogP contribution in [0.15, 0.2) is 23.1 Å². The molecular formula is C25H36BrN7O3. The number of β-amino-alcohol motifs (C(OH)–C–C–N with tert-alkyl or cyclic N) is 1. The van der Waals surface area contributed by atoms with Gasteiger partial charge in [0.1, 0.15) is 12.1 Å². The maximum Gasteiger partial charge on any atom is 0.248 e. The summed E-state index contributed by atoms with van der Waals surface area (Å²) in [7, 11) is 0. The van der Waals surface area contributed by atoms with Crippen LogP contribution in [0.3, 0.4) is 0 Å². The minimum atomic E-state index is -0.743. The highest BCUT2D eigenvalue weighted by Crippen LogP contribution is 2.40. The molecule has 5 rings (SSSR count). The Labute approximate surface area is 219 Å². The van der Waals surface area contributed by atoms with Gasteiger partial charge in [0.05, 0.1) is 34.6 Å². The fourth-order valence-electron chi connectivity index (χ4n) is 5.70. The summed E-state index contributed by atoms with van der Waals surface area (Å²) in [6.45, 7) is 6.10. The zero-order valence-corrected chi connectivity index (χ0v) is 22.8. The topological polar surface area (TPSA) is 118 Å². The highest BCUT2D eigenvalue weighted by atomic mass is 79.9. The average Bonchev–Trinajstić information content (AvgIpc) is 3.19. The molecule has 0 bridgehead atoms. The fraction of sp³-hybridized carbons (Fsp3) is 0.720. The van der Waals surface area contributed by atoms with Crippen LogP contribution in [0.25, 0.3) is 0 Å². The summed E-state index contributed by atoms with van der Waals surface area (Å²) in [6, 6.07) is -1.37. The molecule has 0 radical (unpaired) electrons. The second kappa shape index (κ2) is 9.89. The first-order valence-corrected chi connectivity index (χ1v) is 13.8. The van der Waals surface area contributed by atoms with Gasteiger partial charge >= 0.3 is 0 Å². The number of amides is 2. The maximum atomic E-state index is 14.0. The summed E-state index contributed by atoms with van der Waals surface area (Å²) in [5.41, 5.74) is 0.462. The lowest BCUT2D eigenvalue weighted by atomic mass is 9.85. The van der Waals surface area contributed by atoms with Crippen molar-refractivity contribution in [2.75, 3.05) is 6.54 Å². The molecule has 2 aromatic heterocycles. The number of likely N-dealkylation sites (tertiary alicyclic amines) is 1. The van der Waals surface area contributed by atoms with E-state index in [0.717, 1.165) is 48.7 Å². The number of halogens is 1. The average molecular weight is 563 g/mol. The molecule has 3 fully saturated rings. The number of aromatic nitrogens is 5. The molecule has 2 saturated carbocycles. The molecule has 1 saturated heterocycles. The number of rotatable bonds is 6. The van der Waals surface area contributed by atoms with Gasteiger partial charge in [-0.05, 0) is 47.0 Å². The lowest BCUT2D eigenvalue weighted by Gasteiger charge is -2.36. The molecule has 11 heteroatoms. The highest BCUT2D eigenvalue weighted by Gasteiger charge is 2.46. The zero-order chi connectivity index (χ0) is 25.6. The molecule has 196 valence electrons. The van der Waals surface area contributed by atoms with Gasteiger partial charge in [0.25, 0.3) is 0 Å². The largest absolute Gasteiger partial charge is 0.391 e. The van der Waals surface area contributed by atoms with E-state index in [1.165, 1.54) is 0 Å². The summed E-state index contributed by atoms with van der Waals surface area (Å²) in [4.78, 5) is 29.1. The Kier molecular flexibility index (Phi) is 6.97. The highest BCUT2D eigenvalue weighted by molar-refractivity contribution is 9.10. The van der Waals surface area contributed by atoms with Crippen LogP contribution >= 0.6 is 15.9 Å². The van der Waals surface area contributed by atoms with E-state index in [1.54, 1.807) is 15.8 Å². The summed E-state index contributed by atoms with van der Waals surface area (Å²) >= 11 is 3.46. The van der Waals surface area contributed by atoms with E-state index < -0.39 is 23.6 Å². The first-order valence-electron chi connectivity index (χ1n) is 13.0. The van der Waals surface area contributed by atoms with Gasteiger partial charge in [0, 0.05) is 31.3 Å². The number of nitrogens with zero attached hydrogens (tertiary/aromatic N) is 6. The van der Waals surface area contributed by atoms with Crippen LogP contribution in [-0.2, 0) is 9.59 Å². The minimum Gasteiger partial charge on any atom is -0.391 e. The van der Waals surface area contributed by atoms with E-state index in [-0.39, 0.29) is 36.9 Å². The molecule has 0 spiro atoms. The number of carbonyl (C=O) groups is 2. The quantitative estimate of drug-likeness (QED) is 0.559. The first-order chi connectivity index (χ1) is 17.1. The van der Waals surface area contributed by atoms with E-state index >= 15 is 0 Å². The van der Waals surface area contributed by atoms with Crippen LogP contribution in [0.1, 0.15) is 89.4 Å². The van der Waals surface area contributed by atoms with E-state index in [4.69, 9.17) is 0 Å². The molecule has 0 aromatic carbocycles. The molecule has 2 aliphatic carbocycles. The van der Waals surface area contributed by atoms with Crippen molar-refractivity contribution in [2.24, 2.45) is 5.41 Å². The van der Waals surface area contributed by atoms with Gasteiger partial charge in [-0.25, -0.2) is 4.68 Å². The first kappa shape index (κ1) is 25.4. The van der Waals surface area contributed by atoms with Crippen molar-refractivity contribution in [2.45, 2.75) is 102 Å². The number of hydrogen-bond acceptors (Lipinski definition) is 6. The van der Waals surface area contributed by atoms with Crippen molar-refractivity contribution in [3.63, 3.8) is 0 Å². The van der Waals surface area contributed by atoms with Gasteiger partial charge in [-0.15, -0.1) is 5.10 Å². The van der Waals surface area contributed by atoms with Crippen LogP contribution in [0.4, 0.5) is 0 Å². The zero-order valence-electron chi connectivity index (χ0n) is 21.2. The number of aliphatic hydroxyl groups is 1. The van der Waals surface area contributed by atoms with E-state index in [9.17, 15) is 14.7 Å². The summed E-state index contributed by atoms with van der Waals surface area (Å²) in [6.07, 6.45) is 11.1. The lowest BCUT2D eigenvalue weighted by molar-refractivity contribution is -0.144. The normalized spacial score (nSPS) is 27.8. The molecule has 2 aromatic rings. The monoisotopic (exact) mass is 561 g/mol. The lowest BCUT2D eigenvalue weighted by Crippen LogP contribution is -2.53. The van der Waals surface area contributed by atoms with Gasteiger partial charge in [0.2, 0.25) is 11.8 Å². The summed E-state index contributed by atoms with van der Waals surface area (Å²) < 4.78 is 4.47. The third-order valence-corrected chi connectivity index (χ3v) is 8.08. The maximum absolute atomic E-state index is 14.0. The minimum absolute atomic E-state index is 0.0581. The Morgan fingerprint density at radius 1 is 1.17 bits per heavy atom. The van der Waals surface area contributed by atoms with Crippen LogP contribution in [0, 0.1) is 5.41 Å². The second-order valence-corrected chi connectivity index (χ2v) is 12.6. The van der Waals surface area contributed by atoms with Crippen molar-refractivity contribution in [1.82, 2.24) is 35.0 Å². The number of nitrogens with one attached hydrogen (secondary N) is 1. The molecular weight excluding hydrogens is 526 g/mol. The van der Waals surface area contributed by atoms with Crippen LogP contribution in [0.5, 0.6) is 0 Å². The molecule has 10 nitrogen and oxygen atoms in total. The second-order valence-electron chi connectivity index (χ2n) is 11.7. The Bertz CT molecular complexity index is 1110. The fourth-order valence-corrected chi connectivity index (χ4v) is 6.00.